The van der Waals surface area contributed by atoms with Gasteiger partial charge in [-0.05, 0) is 17.7 Å². The average Bonchev–Trinajstić information content (AvgIpc) is 2.49. The predicted molar refractivity (Wildman–Crippen MR) is 71.7 cm³/mol. The summed E-state index contributed by atoms with van der Waals surface area (Å²) < 4.78 is 10.3. The summed E-state index contributed by atoms with van der Waals surface area (Å²) in [4.78, 5) is 11.0. The first-order valence-electron chi connectivity index (χ1n) is 6.43. The van der Waals surface area contributed by atoms with E-state index in [1.165, 1.54) is 18.2 Å². The number of nitrogen functional groups attached to an aromatic ring is 1. The quantitative estimate of drug-likeness (QED) is 0.346. The summed E-state index contributed by atoms with van der Waals surface area (Å²) in [5.41, 5.74) is 6.38. The molecule has 0 unspecified atom stereocenters. The fourth-order valence-electron chi connectivity index (χ4n) is 2.08. The molecule has 0 amide bonds. The van der Waals surface area contributed by atoms with Crippen molar-refractivity contribution in [2.75, 3.05) is 5.73 Å². The Morgan fingerprint density at radius 1 is 1.23 bits per heavy atom. The van der Waals surface area contributed by atoms with Crippen LogP contribution in [-0.4, -0.2) is 62.2 Å². The fraction of sp³-hybridized carbons (Fsp3) is 0.462. The number of nitrogens with two attached hydrogens (primary N) is 1. The molecule has 0 saturated carbocycles. The van der Waals surface area contributed by atoms with Gasteiger partial charge in [0.05, 0.1) is 12.3 Å². The molecule has 0 aliphatic carbocycles. The topological polar surface area (TPSA) is 163 Å². The van der Waals surface area contributed by atoms with Crippen LogP contribution in [0.15, 0.2) is 18.2 Å². The first-order valence-corrected chi connectivity index (χ1v) is 6.43. The van der Waals surface area contributed by atoms with Gasteiger partial charge >= 0.3 is 5.97 Å². The minimum absolute atomic E-state index is 0.0778. The van der Waals surface area contributed by atoms with E-state index < -0.39 is 36.7 Å². The van der Waals surface area contributed by atoms with Crippen LogP contribution in [0.3, 0.4) is 0 Å². The monoisotopic (exact) mass is 315 g/mol. The van der Waals surface area contributed by atoms with Crippen LogP contribution in [0.4, 0.5) is 5.69 Å². The Labute approximate surface area is 125 Å². The van der Waals surface area contributed by atoms with Crippen LogP contribution in [0.2, 0.25) is 0 Å². The van der Waals surface area contributed by atoms with Crippen molar-refractivity contribution in [3.63, 3.8) is 0 Å². The molecule has 1 fully saturated rings. The van der Waals surface area contributed by atoms with Gasteiger partial charge in [-0.1, -0.05) is 6.07 Å². The summed E-state index contributed by atoms with van der Waals surface area (Å²) in [5.74, 6) is -1.43. The average molecular weight is 315 g/mol. The molecule has 9 heteroatoms. The Balaban J connectivity index is 2.19. The number of aliphatic carboxylic acids is 1. The zero-order chi connectivity index (χ0) is 16.4. The molecule has 0 aromatic heterocycles. The van der Waals surface area contributed by atoms with Crippen LogP contribution >= 0.6 is 0 Å². The van der Waals surface area contributed by atoms with Gasteiger partial charge in [0.25, 0.3) is 0 Å². The molecular weight excluding hydrogens is 298 g/mol. The van der Waals surface area contributed by atoms with Gasteiger partial charge in [0.2, 0.25) is 6.29 Å². The van der Waals surface area contributed by atoms with Crippen LogP contribution in [0.25, 0.3) is 0 Å². The second kappa shape index (κ2) is 6.46. The number of aliphatic hydroxyl groups is 4. The van der Waals surface area contributed by atoms with E-state index in [-0.39, 0.29) is 18.0 Å². The Kier molecular flexibility index (Phi) is 4.84. The largest absolute Gasteiger partial charge is 0.479 e. The lowest BCUT2D eigenvalue weighted by Crippen LogP contribution is -2.61. The van der Waals surface area contributed by atoms with E-state index in [0.29, 0.717) is 5.56 Å². The third-order valence-electron chi connectivity index (χ3n) is 3.31. The van der Waals surface area contributed by atoms with Crippen molar-refractivity contribution >= 4 is 11.7 Å². The van der Waals surface area contributed by atoms with Crippen molar-refractivity contribution in [3.05, 3.63) is 23.8 Å². The maximum Gasteiger partial charge on any atom is 0.335 e. The number of carboxylic acid groups (broad SMARTS) is 1. The van der Waals surface area contributed by atoms with Crippen LogP contribution in [-0.2, 0) is 16.1 Å². The first-order chi connectivity index (χ1) is 10.3. The number of hydrogen-bond donors (Lipinski definition) is 6. The number of aliphatic hydroxyl groups excluding tert-OH is 4. The number of carbonyl (C=O) groups is 1. The van der Waals surface area contributed by atoms with E-state index >= 15 is 0 Å². The highest BCUT2D eigenvalue weighted by molar-refractivity contribution is 5.73. The fourth-order valence-corrected chi connectivity index (χ4v) is 2.08. The molecular formula is C13H17NO8. The van der Waals surface area contributed by atoms with E-state index in [1.807, 2.05) is 0 Å². The minimum Gasteiger partial charge on any atom is -0.479 e. The molecule has 1 aliphatic heterocycles. The molecule has 1 heterocycles. The van der Waals surface area contributed by atoms with Crippen LogP contribution in [0.5, 0.6) is 5.75 Å². The number of carboxylic acids is 1. The summed E-state index contributed by atoms with van der Waals surface area (Å²) in [6, 6.07) is 4.36. The molecule has 0 radical (unpaired) electrons. The normalized spacial score (nSPS) is 31.7. The number of rotatable bonds is 4. The Morgan fingerprint density at radius 2 is 1.91 bits per heavy atom. The number of hydrogen-bond acceptors (Lipinski definition) is 8. The van der Waals surface area contributed by atoms with Crippen molar-refractivity contribution in [2.45, 2.75) is 37.3 Å². The summed E-state index contributed by atoms with van der Waals surface area (Å²) >= 11 is 0. The molecule has 1 aromatic carbocycles. The SMILES string of the molecule is Nc1cc(CO)ccc1O[C@H]1O[C@H](C(=O)O)[C@@H](O)[C@H](O)[C@H]1O. The van der Waals surface area contributed by atoms with Gasteiger partial charge < -0.3 is 40.7 Å². The van der Waals surface area contributed by atoms with Crippen molar-refractivity contribution < 1.29 is 39.8 Å². The highest BCUT2D eigenvalue weighted by Crippen LogP contribution is 2.28. The summed E-state index contributed by atoms with van der Waals surface area (Å²) in [5, 5.41) is 47.0. The minimum atomic E-state index is -1.79. The molecule has 22 heavy (non-hydrogen) atoms. The molecule has 7 N–H and O–H groups in total. The second-order valence-electron chi connectivity index (χ2n) is 4.88. The smallest absolute Gasteiger partial charge is 0.335 e. The molecule has 122 valence electrons. The maximum absolute atomic E-state index is 11.0. The van der Waals surface area contributed by atoms with Gasteiger partial charge in [0.1, 0.15) is 24.1 Å². The lowest BCUT2D eigenvalue weighted by atomic mass is 9.99. The molecule has 1 saturated heterocycles. The van der Waals surface area contributed by atoms with Crippen LogP contribution in [0.1, 0.15) is 5.56 Å². The Hall–Kier alpha value is -1.91. The first kappa shape index (κ1) is 16.5. The lowest BCUT2D eigenvalue weighted by Gasteiger charge is -2.38. The van der Waals surface area contributed by atoms with E-state index in [0.717, 1.165) is 0 Å². The van der Waals surface area contributed by atoms with Gasteiger partial charge in [-0.2, -0.15) is 0 Å². The third kappa shape index (κ3) is 3.13. The summed E-state index contributed by atoms with van der Waals surface area (Å²) in [7, 11) is 0. The van der Waals surface area contributed by atoms with Gasteiger partial charge in [-0.25, -0.2) is 4.79 Å². The lowest BCUT2D eigenvalue weighted by molar-refractivity contribution is -0.271. The molecule has 1 aliphatic rings. The van der Waals surface area contributed by atoms with Crippen LogP contribution < -0.4 is 10.5 Å². The van der Waals surface area contributed by atoms with Crippen molar-refractivity contribution in [1.82, 2.24) is 0 Å². The maximum atomic E-state index is 11.0. The van der Waals surface area contributed by atoms with Crippen molar-refractivity contribution in [2.24, 2.45) is 0 Å². The van der Waals surface area contributed by atoms with E-state index in [2.05, 4.69) is 0 Å². The second-order valence-corrected chi connectivity index (χ2v) is 4.88. The molecule has 0 spiro atoms. The van der Waals surface area contributed by atoms with Gasteiger partial charge in [-0.3, -0.25) is 0 Å². The van der Waals surface area contributed by atoms with Crippen molar-refractivity contribution in [1.29, 1.82) is 0 Å². The molecule has 9 nitrogen and oxygen atoms in total. The molecule has 5 atom stereocenters. The Morgan fingerprint density at radius 3 is 2.45 bits per heavy atom. The molecule has 1 aromatic rings. The summed E-state index contributed by atoms with van der Waals surface area (Å²) in [6.07, 6.45) is -8.48. The van der Waals surface area contributed by atoms with Gasteiger partial charge in [0.15, 0.2) is 6.10 Å². The zero-order valence-electron chi connectivity index (χ0n) is 11.4. The predicted octanol–water partition coefficient (Wildman–Crippen LogP) is -1.97. The standard InChI is InChI=1S/C13H17NO8/c14-6-3-5(4-15)1-2-7(6)21-13-10(18)8(16)9(17)11(22-13)12(19)20/h1-3,8-11,13,15-18H,4,14H2,(H,19,20)/t8-,9-,10+,11-,13-/m0/s1. The molecule has 2 rings (SSSR count). The Bertz CT molecular complexity index is 551. The van der Waals surface area contributed by atoms with E-state index in [9.17, 15) is 20.1 Å². The van der Waals surface area contributed by atoms with Crippen molar-refractivity contribution in [3.8, 4) is 5.75 Å². The number of ether oxygens (including phenoxy) is 2. The van der Waals surface area contributed by atoms with E-state index in [1.54, 1.807) is 0 Å². The van der Waals surface area contributed by atoms with Gasteiger partial charge in [-0.15, -0.1) is 0 Å². The highest BCUT2D eigenvalue weighted by atomic mass is 16.7. The highest BCUT2D eigenvalue weighted by Gasteiger charge is 2.48. The van der Waals surface area contributed by atoms with Crippen LogP contribution in [0, 0.1) is 0 Å². The zero-order valence-corrected chi connectivity index (χ0v) is 11.4. The van der Waals surface area contributed by atoms with E-state index in [4.69, 9.17) is 25.4 Å². The molecule has 0 bridgehead atoms. The van der Waals surface area contributed by atoms with Gasteiger partial charge in [0, 0.05) is 0 Å². The summed E-state index contributed by atoms with van der Waals surface area (Å²) in [6.45, 7) is -0.223. The number of benzene rings is 1. The number of anilines is 1. The third-order valence-corrected chi connectivity index (χ3v) is 3.31.